The molecule has 19 nitrogen and oxygen atoms in total. The number of nitrogens with one attached hydrogen (secondary N) is 1. The molecule has 1 fully saturated rings. The molecule has 232 valence electrons. The van der Waals surface area contributed by atoms with Gasteiger partial charge in [0, 0.05) is 31.1 Å². The van der Waals surface area contributed by atoms with Crippen molar-refractivity contribution in [2.24, 2.45) is 0 Å². The van der Waals surface area contributed by atoms with Crippen molar-refractivity contribution in [1.29, 1.82) is 0 Å². The summed E-state index contributed by atoms with van der Waals surface area (Å²) in [6.45, 7) is 4.38. The van der Waals surface area contributed by atoms with Crippen molar-refractivity contribution < 1.29 is 65.4 Å². The lowest BCUT2D eigenvalue weighted by Crippen LogP contribution is -2.30. The van der Waals surface area contributed by atoms with E-state index in [1.54, 1.807) is 13.0 Å². The van der Waals surface area contributed by atoms with Gasteiger partial charge in [-0.2, -0.15) is 13.6 Å². The monoisotopic (exact) mass is 648 g/mol. The molecule has 1 aliphatic heterocycles. The van der Waals surface area contributed by atoms with Crippen LogP contribution in [0.4, 0.5) is 5.82 Å². The molecule has 0 bridgehead atoms. The maximum absolute atomic E-state index is 12.6. The molecule has 1 saturated heterocycles. The van der Waals surface area contributed by atoms with Gasteiger partial charge < -0.3 is 44.8 Å². The van der Waals surface area contributed by atoms with Crippen molar-refractivity contribution in [1.82, 2.24) is 14.9 Å². The number of rotatable bonds is 17. The minimum Gasteiger partial charge on any atom is -0.383 e. The fraction of sp³-hybridized carbons (Fsp3) is 0.526. The molecule has 2 rings (SSSR count). The number of phosphoric acid groups is 3. The molecule has 1 aromatic heterocycles. The normalized spacial score (nSPS) is 22.3. The zero-order valence-electron chi connectivity index (χ0n) is 21.6. The molecular formula is C19H31N4O15P3. The average molecular weight is 648 g/mol. The largest absolute Gasteiger partial charge is 0.490 e. The third-order valence-corrected chi connectivity index (χ3v) is 8.76. The molecule has 0 aliphatic carbocycles. The molecule has 1 aromatic rings. The van der Waals surface area contributed by atoms with Gasteiger partial charge in [0.2, 0.25) is 5.91 Å². The number of phosphoric ester groups is 1. The van der Waals surface area contributed by atoms with Crippen molar-refractivity contribution >= 4 is 41.3 Å². The summed E-state index contributed by atoms with van der Waals surface area (Å²) < 4.78 is 64.2. The first-order valence-electron chi connectivity index (χ1n) is 11.6. The number of ether oxygens (including phenoxy) is 3. The highest BCUT2D eigenvalue weighted by Gasteiger charge is 2.43. The summed E-state index contributed by atoms with van der Waals surface area (Å²) in [6, 6.07) is 0. The molecule has 41 heavy (non-hydrogen) atoms. The van der Waals surface area contributed by atoms with Crippen LogP contribution in [0.25, 0.3) is 6.08 Å². The van der Waals surface area contributed by atoms with Gasteiger partial charge in [0.1, 0.15) is 24.9 Å². The van der Waals surface area contributed by atoms with Crippen LogP contribution in [0.1, 0.15) is 31.6 Å². The highest BCUT2D eigenvalue weighted by atomic mass is 31.3. The van der Waals surface area contributed by atoms with Crippen LogP contribution in [0.5, 0.6) is 0 Å². The molecule has 1 aliphatic rings. The number of amides is 1. The van der Waals surface area contributed by atoms with E-state index in [1.807, 2.05) is 0 Å². The van der Waals surface area contributed by atoms with Crippen LogP contribution in [0.2, 0.25) is 0 Å². The summed E-state index contributed by atoms with van der Waals surface area (Å²) in [5.74, 6) is -0.271. The Morgan fingerprint density at radius 3 is 2.61 bits per heavy atom. The summed E-state index contributed by atoms with van der Waals surface area (Å²) in [7, 11) is -16.8. The predicted molar refractivity (Wildman–Crippen MR) is 139 cm³/mol. The molecule has 1 amide bonds. The third-order valence-electron chi connectivity index (χ3n) is 4.96. The van der Waals surface area contributed by atoms with E-state index in [2.05, 4.69) is 30.0 Å². The number of hydrogen-bond donors (Lipinski definition) is 6. The zero-order valence-corrected chi connectivity index (χ0v) is 24.3. The highest BCUT2D eigenvalue weighted by Crippen LogP contribution is 2.66. The van der Waals surface area contributed by atoms with E-state index in [0.717, 1.165) is 4.57 Å². The SMILES string of the molecule is C=CCOCO[C@@H]1C[C@H](n2cc(/C=C/CNC(=O)CC)c(N)nc2=O)O[C@@H]1COP(=O)(O)OP(=O)(O)OP(=O)(O)O. The van der Waals surface area contributed by atoms with Crippen molar-refractivity contribution in [2.75, 3.05) is 32.3 Å². The molecule has 2 heterocycles. The van der Waals surface area contributed by atoms with Crippen LogP contribution in [-0.2, 0) is 45.8 Å². The topological polar surface area (TPSA) is 278 Å². The average Bonchev–Trinajstić information content (AvgIpc) is 3.24. The lowest BCUT2D eigenvalue weighted by molar-refractivity contribution is -0.120. The van der Waals surface area contributed by atoms with E-state index in [0.29, 0.717) is 12.0 Å². The Hall–Kier alpha value is -2.08. The number of hydrogen-bond acceptors (Lipinski definition) is 13. The van der Waals surface area contributed by atoms with Gasteiger partial charge in [-0.3, -0.25) is 13.9 Å². The van der Waals surface area contributed by atoms with Gasteiger partial charge in [0.25, 0.3) is 0 Å². The molecule has 0 spiro atoms. The summed E-state index contributed by atoms with van der Waals surface area (Å²) in [5, 5.41) is 2.63. The second kappa shape index (κ2) is 15.4. The van der Waals surface area contributed by atoms with Gasteiger partial charge >= 0.3 is 29.2 Å². The Balaban J connectivity index is 2.20. The standard InChI is InChI=1S/C19H31N4O15P3/c1-3-8-33-12-34-14-9-17(23-10-13(18(20)22-19(23)25)6-5-7-21-16(24)4-2)36-15(14)11-35-40(29,30)38-41(31,32)37-39(26,27)28/h3,5-6,10,14-15,17H,1,4,7-9,11-12H2,2H3,(H,21,24)(H,29,30)(H,31,32)(H2,20,22,25)(H2,26,27,28)/b6-5+/t14-,15-,17-/m1/s1. The Labute approximate surface area is 233 Å². The van der Waals surface area contributed by atoms with E-state index >= 15 is 0 Å². The molecular weight excluding hydrogens is 617 g/mol. The lowest BCUT2D eigenvalue weighted by Gasteiger charge is -2.21. The minimum atomic E-state index is -5.73. The Morgan fingerprint density at radius 2 is 1.98 bits per heavy atom. The highest BCUT2D eigenvalue weighted by molar-refractivity contribution is 7.66. The summed E-state index contributed by atoms with van der Waals surface area (Å²) >= 11 is 0. The van der Waals surface area contributed by atoms with E-state index in [-0.39, 0.29) is 38.1 Å². The molecule has 22 heteroatoms. The van der Waals surface area contributed by atoms with Gasteiger partial charge in [-0.15, -0.1) is 6.58 Å². The maximum Gasteiger partial charge on any atom is 0.490 e. The molecule has 7 N–H and O–H groups in total. The first kappa shape index (κ1) is 35.1. The first-order chi connectivity index (χ1) is 19.1. The molecule has 2 unspecified atom stereocenters. The second-order valence-corrected chi connectivity index (χ2v) is 12.5. The van der Waals surface area contributed by atoms with Crippen LogP contribution in [-0.4, -0.2) is 73.8 Å². The van der Waals surface area contributed by atoms with Crippen molar-refractivity contribution in [2.45, 2.75) is 38.2 Å². The Morgan fingerprint density at radius 1 is 1.27 bits per heavy atom. The van der Waals surface area contributed by atoms with E-state index in [4.69, 9.17) is 29.7 Å². The molecule has 5 atom stereocenters. The fourth-order valence-electron chi connectivity index (χ4n) is 3.25. The van der Waals surface area contributed by atoms with Crippen molar-refractivity contribution in [3.05, 3.63) is 41.0 Å². The molecule has 0 saturated carbocycles. The number of nitrogens with zero attached hydrogens (tertiary/aromatic N) is 2. The number of anilines is 1. The van der Waals surface area contributed by atoms with Gasteiger partial charge in [-0.05, 0) is 0 Å². The van der Waals surface area contributed by atoms with Gasteiger partial charge in [0.15, 0.2) is 0 Å². The summed E-state index contributed by atoms with van der Waals surface area (Å²) in [5.41, 5.74) is 5.34. The third kappa shape index (κ3) is 12.4. The van der Waals surface area contributed by atoms with Crippen LogP contribution < -0.4 is 16.7 Å². The predicted octanol–water partition coefficient (Wildman–Crippen LogP) is 0.541. The van der Waals surface area contributed by atoms with E-state index in [1.165, 1.54) is 18.3 Å². The van der Waals surface area contributed by atoms with Crippen LogP contribution in [0, 0.1) is 0 Å². The summed E-state index contributed by atoms with van der Waals surface area (Å²) in [6.07, 6.45) is 2.94. The first-order valence-corrected chi connectivity index (χ1v) is 16.1. The number of carbonyl (C=O) groups is 1. The number of aromatic nitrogens is 2. The van der Waals surface area contributed by atoms with Crippen LogP contribution >= 0.6 is 23.5 Å². The van der Waals surface area contributed by atoms with Crippen LogP contribution in [0.15, 0.2) is 29.7 Å². The van der Waals surface area contributed by atoms with Crippen molar-refractivity contribution in [3.8, 4) is 0 Å². The van der Waals surface area contributed by atoms with Crippen LogP contribution in [0.3, 0.4) is 0 Å². The smallest absolute Gasteiger partial charge is 0.383 e. The minimum absolute atomic E-state index is 0.0386. The number of nitrogen functional groups attached to an aromatic ring is 1. The Kier molecular flexibility index (Phi) is 13.2. The van der Waals surface area contributed by atoms with Crippen molar-refractivity contribution in [3.63, 3.8) is 0 Å². The maximum atomic E-state index is 12.6. The van der Waals surface area contributed by atoms with E-state index < -0.39 is 54.2 Å². The Bertz CT molecular complexity index is 1300. The fourth-order valence-corrected chi connectivity index (χ4v) is 6.28. The van der Waals surface area contributed by atoms with Gasteiger partial charge in [0.05, 0.1) is 19.3 Å². The lowest BCUT2D eigenvalue weighted by atomic mass is 10.2. The number of carbonyl (C=O) groups excluding carboxylic acids is 1. The molecule has 0 radical (unpaired) electrons. The van der Waals surface area contributed by atoms with Gasteiger partial charge in [-0.1, -0.05) is 25.2 Å². The zero-order chi connectivity index (χ0) is 30.8. The second-order valence-electron chi connectivity index (χ2n) is 8.07. The van der Waals surface area contributed by atoms with Gasteiger partial charge in [-0.25, -0.2) is 18.5 Å². The quantitative estimate of drug-likeness (QED) is 0.0582. The molecule has 0 aromatic carbocycles. The van der Waals surface area contributed by atoms with E-state index in [9.17, 15) is 33.1 Å². The number of nitrogens with two attached hydrogens (primary N) is 1. The summed E-state index contributed by atoms with van der Waals surface area (Å²) in [4.78, 5) is 64.2.